The zero-order chi connectivity index (χ0) is 22.1. The Morgan fingerprint density at radius 3 is 2.53 bits per heavy atom. The number of carbonyl (C=O) groups excluding carboxylic acids is 2. The van der Waals surface area contributed by atoms with Crippen molar-refractivity contribution in [2.24, 2.45) is 0 Å². The molecule has 0 radical (unpaired) electrons. The van der Waals surface area contributed by atoms with Crippen LogP contribution in [0.4, 0.5) is 11.4 Å². The van der Waals surface area contributed by atoms with Crippen LogP contribution in [0.2, 0.25) is 0 Å². The fourth-order valence-electron chi connectivity index (χ4n) is 4.10. The Balaban J connectivity index is 1.38. The SMILES string of the molecule is Cc1ccccc1C(=O)Nc1ccc(C(=O)N2CCc3cn[nH]c3-c3ccccc32)cc1. The first kappa shape index (κ1) is 19.8. The molecular weight excluding hydrogens is 400 g/mol. The van der Waals surface area contributed by atoms with Crippen LogP contribution in [0.1, 0.15) is 31.8 Å². The summed E-state index contributed by atoms with van der Waals surface area (Å²) in [7, 11) is 0. The minimum atomic E-state index is -0.168. The van der Waals surface area contributed by atoms with Gasteiger partial charge in [-0.05, 0) is 60.9 Å². The van der Waals surface area contributed by atoms with Gasteiger partial charge in [0, 0.05) is 28.9 Å². The van der Waals surface area contributed by atoms with Gasteiger partial charge in [-0.1, -0.05) is 36.4 Å². The molecule has 1 aliphatic heterocycles. The van der Waals surface area contributed by atoms with Gasteiger partial charge in [0.2, 0.25) is 0 Å². The summed E-state index contributed by atoms with van der Waals surface area (Å²) in [5.41, 5.74) is 6.64. The van der Waals surface area contributed by atoms with Gasteiger partial charge in [0.25, 0.3) is 11.8 Å². The van der Waals surface area contributed by atoms with Gasteiger partial charge in [0.15, 0.2) is 0 Å². The van der Waals surface area contributed by atoms with E-state index < -0.39 is 0 Å². The summed E-state index contributed by atoms with van der Waals surface area (Å²) in [6.45, 7) is 2.47. The molecule has 158 valence electrons. The molecule has 2 amide bonds. The predicted octanol–water partition coefficient (Wildman–Crippen LogP) is 4.84. The van der Waals surface area contributed by atoms with E-state index >= 15 is 0 Å². The predicted molar refractivity (Wildman–Crippen MR) is 125 cm³/mol. The van der Waals surface area contributed by atoms with Gasteiger partial charge < -0.3 is 10.2 Å². The first-order chi connectivity index (χ1) is 15.6. The van der Waals surface area contributed by atoms with E-state index in [-0.39, 0.29) is 11.8 Å². The van der Waals surface area contributed by atoms with E-state index in [0.717, 1.165) is 34.5 Å². The smallest absolute Gasteiger partial charge is 0.258 e. The number of benzene rings is 3. The monoisotopic (exact) mass is 422 g/mol. The van der Waals surface area contributed by atoms with Gasteiger partial charge in [-0.15, -0.1) is 0 Å². The standard InChI is InChI=1S/C26H22N4O2/c1-17-6-2-3-7-21(17)25(31)28-20-12-10-18(11-13-20)26(32)30-15-14-19-16-27-29-24(19)22-8-4-5-9-23(22)30/h2-13,16H,14-15H2,1H3,(H,27,29)(H,28,31). The third kappa shape index (κ3) is 3.56. The van der Waals surface area contributed by atoms with Crippen LogP contribution in [-0.4, -0.2) is 28.6 Å². The van der Waals surface area contributed by atoms with Crippen LogP contribution in [0.3, 0.4) is 0 Å². The lowest BCUT2D eigenvalue weighted by molar-refractivity contribution is 0.0986. The maximum Gasteiger partial charge on any atom is 0.258 e. The topological polar surface area (TPSA) is 78.1 Å². The van der Waals surface area contributed by atoms with E-state index in [1.54, 1.807) is 30.3 Å². The highest BCUT2D eigenvalue weighted by Crippen LogP contribution is 2.35. The third-order valence-electron chi connectivity index (χ3n) is 5.81. The van der Waals surface area contributed by atoms with Crippen molar-refractivity contribution in [3.05, 3.63) is 101 Å². The zero-order valence-corrected chi connectivity index (χ0v) is 17.6. The number of anilines is 2. The summed E-state index contributed by atoms with van der Waals surface area (Å²) in [5.74, 6) is -0.245. The Morgan fingerprint density at radius 2 is 1.72 bits per heavy atom. The maximum atomic E-state index is 13.4. The van der Waals surface area contributed by atoms with Crippen LogP contribution in [-0.2, 0) is 6.42 Å². The number of aromatic nitrogens is 2. The number of rotatable bonds is 3. The molecule has 6 heteroatoms. The summed E-state index contributed by atoms with van der Waals surface area (Å²) in [4.78, 5) is 27.8. The van der Waals surface area contributed by atoms with E-state index in [1.165, 1.54) is 0 Å². The van der Waals surface area contributed by atoms with Crippen LogP contribution in [0, 0.1) is 6.92 Å². The molecule has 2 heterocycles. The Hall–Kier alpha value is -4.19. The molecule has 4 aromatic rings. The minimum Gasteiger partial charge on any atom is -0.322 e. The number of hydrogen-bond acceptors (Lipinski definition) is 3. The highest BCUT2D eigenvalue weighted by Gasteiger charge is 2.25. The van der Waals surface area contributed by atoms with E-state index in [2.05, 4.69) is 15.5 Å². The first-order valence-electron chi connectivity index (χ1n) is 10.5. The lowest BCUT2D eigenvalue weighted by Gasteiger charge is -2.23. The molecular formula is C26H22N4O2. The van der Waals surface area contributed by atoms with Crippen molar-refractivity contribution in [3.63, 3.8) is 0 Å². The molecule has 0 bridgehead atoms. The van der Waals surface area contributed by atoms with Gasteiger partial charge in [-0.2, -0.15) is 5.10 Å². The van der Waals surface area contributed by atoms with Crippen LogP contribution < -0.4 is 10.2 Å². The summed E-state index contributed by atoms with van der Waals surface area (Å²) >= 11 is 0. The summed E-state index contributed by atoms with van der Waals surface area (Å²) in [6.07, 6.45) is 2.54. The van der Waals surface area contributed by atoms with Crippen LogP contribution in [0.25, 0.3) is 11.3 Å². The van der Waals surface area contributed by atoms with E-state index in [9.17, 15) is 9.59 Å². The molecule has 6 nitrogen and oxygen atoms in total. The molecule has 32 heavy (non-hydrogen) atoms. The van der Waals surface area contributed by atoms with Gasteiger partial charge >= 0.3 is 0 Å². The van der Waals surface area contributed by atoms with E-state index in [4.69, 9.17) is 0 Å². The number of aryl methyl sites for hydroxylation is 1. The second-order valence-electron chi connectivity index (χ2n) is 7.84. The number of aromatic amines is 1. The Bertz CT molecular complexity index is 1310. The third-order valence-corrected chi connectivity index (χ3v) is 5.81. The quantitative estimate of drug-likeness (QED) is 0.496. The summed E-state index contributed by atoms with van der Waals surface area (Å²) < 4.78 is 0. The molecule has 0 unspecified atom stereocenters. The Kier molecular flexibility index (Phi) is 5.03. The molecule has 5 rings (SSSR count). The molecule has 2 N–H and O–H groups in total. The fourth-order valence-corrected chi connectivity index (χ4v) is 4.10. The highest BCUT2D eigenvalue weighted by molar-refractivity contribution is 6.09. The lowest BCUT2D eigenvalue weighted by atomic mass is 10.1. The molecule has 0 spiro atoms. The molecule has 3 aromatic carbocycles. The van der Waals surface area contributed by atoms with Gasteiger partial charge in [-0.25, -0.2) is 0 Å². The number of nitrogens with one attached hydrogen (secondary N) is 2. The summed E-state index contributed by atoms with van der Waals surface area (Å²) in [5, 5.41) is 10.1. The van der Waals surface area contributed by atoms with Crippen LogP contribution in [0.5, 0.6) is 0 Å². The van der Waals surface area contributed by atoms with Gasteiger partial charge in [0.1, 0.15) is 0 Å². The number of carbonyl (C=O) groups is 2. The average Bonchev–Trinajstić information content (AvgIpc) is 3.22. The van der Waals surface area contributed by atoms with Crippen LogP contribution >= 0.6 is 0 Å². The molecule has 0 fully saturated rings. The minimum absolute atomic E-state index is 0.0765. The van der Waals surface area contributed by atoms with E-state index in [0.29, 0.717) is 23.4 Å². The maximum absolute atomic E-state index is 13.4. The molecule has 1 aromatic heterocycles. The molecule has 0 atom stereocenters. The van der Waals surface area contributed by atoms with Gasteiger partial charge in [-0.3, -0.25) is 14.7 Å². The van der Waals surface area contributed by atoms with Crippen molar-refractivity contribution in [2.75, 3.05) is 16.8 Å². The number of H-pyrrole nitrogens is 1. The summed E-state index contributed by atoms with van der Waals surface area (Å²) in [6, 6.07) is 22.3. The van der Waals surface area contributed by atoms with Crippen LogP contribution in [0.15, 0.2) is 79.0 Å². The first-order valence-corrected chi connectivity index (χ1v) is 10.5. The largest absolute Gasteiger partial charge is 0.322 e. The number of fused-ring (bicyclic) bond motifs is 3. The Labute approximate surface area is 185 Å². The number of para-hydroxylation sites is 1. The lowest BCUT2D eigenvalue weighted by Crippen LogP contribution is -2.32. The van der Waals surface area contributed by atoms with Crippen molar-refractivity contribution in [1.82, 2.24) is 10.2 Å². The molecule has 0 saturated carbocycles. The number of hydrogen-bond donors (Lipinski definition) is 2. The van der Waals surface area contributed by atoms with E-state index in [1.807, 2.05) is 60.5 Å². The average molecular weight is 422 g/mol. The second-order valence-corrected chi connectivity index (χ2v) is 7.84. The van der Waals surface area contributed by atoms with Crippen molar-refractivity contribution >= 4 is 23.2 Å². The van der Waals surface area contributed by atoms with Gasteiger partial charge in [0.05, 0.1) is 17.6 Å². The Morgan fingerprint density at radius 1 is 0.969 bits per heavy atom. The normalized spacial score (nSPS) is 12.5. The van der Waals surface area contributed by atoms with Crippen molar-refractivity contribution < 1.29 is 9.59 Å². The molecule has 0 saturated heterocycles. The van der Waals surface area contributed by atoms with Crippen molar-refractivity contribution in [3.8, 4) is 11.3 Å². The van der Waals surface area contributed by atoms with Crippen molar-refractivity contribution in [2.45, 2.75) is 13.3 Å². The number of amides is 2. The molecule has 1 aliphatic rings. The number of nitrogens with zero attached hydrogens (tertiary/aromatic N) is 2. The highest BCUT2D eigenvalue weighted by atomic mass is 16.2. The van der Waals surface area contributed by atoms with Crippen molar-refractivity contribution in [1.29, 1.82) is 0 Å². The second kappa shape index (κ2) is 8.15. The molecule has 0 aliphatic carbocycles. The zero-order valence-electron chi connectivity index (χ0n) is 17.6. The fraction of sp³-hybridized carbons (Fsp3) is 0.115.